The molecule has 1 saturated heterocycles. The summed E-state index contributed by atoms with van der Waals surface area (Å²) in [6.07, 6.45) is 3.33. The van der Waals surface area contributed by atoms with Gasteiger partial charge >= 0.3 is 0 Å². The Morgan fingerprint density at radius 1 is 1.14 bits per heavy atom. The predicted molar refractivity (Wildman–Crippen MR) is 115 cm³/mol. The van der Waals surface area contributed by atoms with Gasteiger partial charge in [0.1, 0.15) is 0 Å². The van der Waals surface area contributed by atoms with Crippen molar-refractivity contribution in [1.29, 1.82) is 0 Å². The Bertz CT molecular complexity index is 814. The van der Waals surface area contributed by atoms with E-state index in [9.17, 15) is 4.79 Å². The van der Waals surface area contributed by atoms with Gasteiger partial charge in [-0.25, -0.2) is 4.68 Å². The molecule has 0 saturated carbocycles. The third-order valence-corrected chi connectivity index (χ3v) is 6.41. The summed E-state index contributed by atoms with van der Waals surface area (Å²) in [7, 11) is 0. The highest BCUT2D eigenvalue weighted by atomic mass is 32.2. The normalized spacial score (nSPS) is 20.4. The van der Waals surface area contributed by atoms with E-state index in [0.29, 0.717) is 28.8 Å². The Hall–Kier alpha value is -2.02. The Morgan fingerprint density at radius 3 is 2.32 bits per heavy atom. The molecule has 0 radical (unpaired) electrons. The minimum Gasteiger partial charge on any atom is -0.337 e. The van der Waals surface area contributed by atoms with Crippen LogP contribution < -0.4 is 5.84 Å². The molecule has 1 aromatic carbocycles. The summed E-state index contributed by atoms with van der Waals surface area (Å²) >= 11 is 1.35. The first-order valence-corrected chi connectivity index (χ1v) is 10.9. The van der Waals surface area contributed by atoms with Gasteiger partial charge in [0.25, 0.3) is 0 Å². The number of aromatic nitrogens is 3. The lowest BCUT2D eigenvalue weighted by Gasteiger charge is -2.39. The molecule has 152 valence electrons. The monoisotopic (exact) mass is 401 g/mol. The van der Waals surface area contributed by atoms with E-state index in [1.54, 1.807) is 0 Å². The molecule has 28 heavy (non-hydrogen) atoms. The zero-order valence-corrected chi connectivity index (χ0v) is 18.3. The van der Waals surface area contributed by atoms with Crippen molar-refractivity contribution in [2.24, 2.45) is 0 Å². The number of benzene rings is 1. The standard InChI is InChI=1S/C21H31N5OS/c1-14-7-6-8-15(2)25(14)18(27)13-28-20-24-23-19(26(20)22)16-9-11-17(12-10-16)21(3,4)5/h9-12,14-15H,6-8,13,22H2,1-5H3/t14-,15-/m0/s1. The molecule has 0 spiro atoms. The summed E-state index contributed by atoms with van der Waals surface area (Å²) in [5, 5.41) is 9.00. The molecular formula is C21H31N5OS. The summed E-state index contributed by atoms with van der Waals surface area (Å²) in [5.41, 5.74) is 2.27. The maximum atomic E-state index is 12.7. The molecule has 2 heterocycles. The second-order valence-corrected chi connectivity index (χ2v) is 9.66. The Morgan fingerprint density at radius 2 is 1.75 bits per heavy atom. The number of amides is 1. The SMILES string of the molecule is C[C@H]1CCC[C@H](C)N1C(=O)CSc1nnc(-c2ccc(C(C)(C)C)cc2)n1N. The molecule has 7 heteroatoms. The molecule has 1 fully saturated rings. The number of hydrogen-bond acceptors (Lipinski definition) is 5. The van der Waals surface area contributed by atoms with Gasteiger partial charge < -0.3 is 10.7 Å². The van der Waals surface area contributed by atoms with Gasteiger partial charge in [0.2, 0.25) is 11.1 Å². The number of carbonyl (C=O) groups is 1. The van der Waals surface area contributed by atoms with Gasteiger partial charge in [-0.1, -0.05) is 56.8 Å². The van der Waals surface area contributed by atoms with Gasteiger partial charge in [-0.05, 0) is 44.1 Å². The summed E-state index contributed by atoms with van der Waals surface area (Å²) in [4.78, 5) is 14.7. The zero-order valence-electron chi connectivity index (χ0n) is 17.5. The van der Waals surface area contributed by atoms with Crippen molar-refractivity contribution in [1.82, 2.24) is 19.8 Å². The zero-order chi connectivity index (χ0) is 20.5. The minimum absolute atomic E-state index is 0.0962. The molecule has 1 aliphatic heterocycles. The predicted octanol–water partition coefficient (Wildman–Crippen LogP) is 3.84. The average Bonchev–Trinajstić information content (AvgIpc) is 3.00. The van der Waals surface area contributed by atoms with E-state index in [4.69, 9.17) is 5.84 Å². The van der Waals surface area contributed by atoms with Crippen LogP contribution in [0.25, 0.3) is 11.4 Å². The van der Waals surface area contributed by atoms with Crippen LogP contribution in [-0.2, 0) is 10.2 Å². The second kappa shape index (κ2) is 8.15. The molecule has 1 aliphatic rings. The molecule has 0 aliphatic carbocycles. The molecule has 0 unspecified atom stereocenters. The first-order valence-electron chi connectivity index (χ1n) is 9.94. The fourth-order valence-electron chi connectivity index (χ4n) is 3.81. The molecule has 3 rings (SSSR count). The Balaban J connectivity index is 1.69. The number of thioether (sulfide) groups is 1. The number of hydrogen-bond donors (Lipinski definition) is 1. The molecule has 2 aromatic rings. The van der Waals surface area contributed by atoms with Gasteiger partial charge in [0.05, 0.1) is 5.75 Å². The van der Waals surface area contributed by atoms with Crippen LogP contribution in [0.15, 0.2) is 29.4 Å². The first-order chi connectivity index (χ1) is 13.2. The lowest BCUT2D eigenvalue weighted by atomic mass is 9.87. The van der Waals surface area contributed by atoms with E-state index >= 15 is 0 Å². The Labute approximate surface area is 171 Å². The van der Waals surface area contributed by atoms with Crippen LogP contribution in [-0.4, -0.2) is 43.5 Å². The number of rotatable bonds is 4. The number of carbonyl (C=O) groups excluding carboxylic acids is 1. The first kappa shape index (κ1) is 20.7. The number of likely N-dealkylation sites (tertiary alicyclic amines) is 1. The van der Waals surface area contributed by atoms with Crippen LogP contribution in [0, 0.1) is 0 Å². The van der Waals surface area contributed by atoms with Crippen molar-refractivity contribution >= 4 is 17.7 Å². The van der Waals surface area contributed by atoms with Crippen molar-refractivity contribution in [3.8, 4) is 11.4 Å². The average molecular weight is 402 g/mol. The van der Waals surface area contributed by atoms with Crippen LogP contribution >= 0.6 is 11.8 Å². The largest absolute Gasteiger partial charge is 0.337 e. The molecule has 1 amide bonds. The van der Waals surface area contributed by atoms with Crippen LogP contribution in [0.2, 0.25) is 0 Å². The summed E-state index contributed by atoms with van der Waals surface area (Å²) in [5.74, 6) is 7.30. The van der Waals surface area contributed by atoms with Crippen LogP contribution in [0.5, 0.6) is 0 Å². The quantitative estimate of drug-likeness (QED) is 0.622. The minimum atomic E-state index is 0.0962. The third-order valence-electron chi connectivity index (χ3n) is 5.48. The maximum Gasteiger partial charge on any atom is 0.233 e. The van der Waals surface area contributed by atoms with Gasteiger partial charge in [-0.2, -0.15) is 0 Å². The van der Waals surface area contributed by atoms with Crippen molar-refractivity contribution in [3.05, 3.63) is 29.8 Å². The third kappa shape index (κ3) is 4.35. The van der Waals surface area contributed by atoms with E-state index in [2.05, 4.69) is 56.9 Å². The number of nitrogens with two attached hydrogens (primary N) is 1. The highest BCUT2D eigenvalue weighted by molar-refractivity contribution is 7.99. The van der Waals surface area contributed by atoms with Crippen LogP contribution in [0.4, 0.5) is 0 Å². The van der Waals surface area contributed by atoms with Gasteiger partial charge in [-0.3, -0.25) is 4.79 Å². The van der Waals surface area contributed by atoms with Crippen LogP contribution in [0.1, 0.15) is 59.4 Å². The van der Waals surface area contributed by atoms with Crippen molar-refractivity contribution in [2.75, 3.05) is 11.6 Å². The number of nitrogen functional groups attached to an aromatic ring is 1. The summed E-state index contributed by atoms with van der Waals surface area (Å²) < 4.78 is 1.48. The second-order valence-electron chi connectivity index (χ2n) is 8.72. The van der Waals surface area contributed by atoms with E-state index in [0.717, 1.165) is 18.4 Å². The van der Waals surface area contributed by atoms with Gasteiger partial charge in [-0.15, -0.1) is 10.2 Å². The Kier molecular flexibility index (Phi) is 6.03. The summed E-state index contributed by atoms with van der Waals surface area (Å²) in [6, 6.07) is 8.82. The maximum absolute atomic E-state index is 12.7. The van der Waals surface area contributed by atoms with E-state index < -0.39 is 0 Å². The fourth-order valence-corrected chi connectivity index (χ4v) is 4.53. The highest BCUT2D eigenvalue weighted by Crippen LogP contribution is 2.28. The molecule has 1 aromatic heterocycles. The van der Waals surface area contributed by atoms with Gasteiger partial charge in [0, 0.05) is 17.6 Å². The smallest absolute Gasteiger partial charge is 0.233 e. The molecule has 2 N–H and O–H groups in total. The number of piperidine rings is 1. The topological polar surface area (TPSA) is 77.0 Å². The molecule has 0 bridgehead atoms. The van der Waals surface area contributed by atoms with Crippen molar-refractivity contribution in [3.63, 3.8) is 0 Å². The molecule has 2 atom stereocenters. The van der Waals surface area contributed by atoms with Crippen LogP contribution in [0.3, 0.4) is 0 Å². The molecular weight excluding hydrogens is 370 g/mol. The van der Waals surface area contributed by atoms with E-state index in [1.165, 1.54) is 28.4 Å². The highest BCUT2D eigenvalue weighted by Gasteiger charge is 2.29. The lowest BCUT2D eigenvalue weighted by molar-refractivity contribution is -0.134. The van der Waals surface area contributed by atoms with Crippen molar-refractivity contribution in [2.45, 2.75) is 76.5 Å². The lowest BCUT2D eigenvalue weighted by Crippen LogP contribution is -2.48. The fraction of sp³-hybridized carbons (Fsp3) is 0.571. The van der Waals surface area contributed by atoms with E-state index in [-0.39, 0.29) is 11.3 Å². The summed E-state index contributed by atoms with van der Waals surface area (Å²) in [6.45, 7) is 10.8. The molecule has 6 nitrogen and oxygen atoms in total. The van der Waals surface area contributed by atoms with E-state index in [1.807, 2.05) is 17.0 Å². The number of nitrogens with zero attached hydrogens (tertiary/aromatic N) is 4. The van der Waals surface area contributed by atoms with Crippen molar-refractivity contribution < 1.29 is 4.79 Å². The van der Waals surface area contributed by atoms with Gasteiger partial charge in [0.15, 0.2) is 5.82 Å².